The second kappa shape index (κ2) is 8.74. The van der Waals surface area contributed by atoms with Crippen LogP contribution in [0.3, 0.4) is 0 Å². The Hall–Kier alpha value is -0.840. The summed E-state index contributed by atoms with van der Waals surface area (Å²) in [5.41, 5.74) is 0.331. The van der Waals surface area contributed by atoms with E-state index in [0.29, 0.717) is 5.56 Å². The van der Waals surface area contributed by atoms with E-state index < -0.39 is 11.9 Å². The van der Waals surface area contributed by atoms with Crippen molar-refractivity contribution in [2.24, 2.45) is 0 Å². The van der Waals surface area contributed by atoms with Crippen molar-refractivity contribution in [3.8, 4) is 0 Å². The molecule has 0 unspecified atom stereocenters. The quantitative estimate of drug-likeness (QED) is 0.554. The fourth-order valence-electron chi connectivity index (χ4n) is 0.581. The van der Waals surface area contributed by atoms with E-state index in [1.165, 1.54) is 0 Å². The number of aromatic carboxylic acids is 1. The minimum atomic E-state index is -0.879. The summed E-state index contributed by atoms with van der Waals surface area (Å²) >= 11 is 0. The van der Waals surface area contributed by atoms with Gasteiger partial charge in [-0.05, 0) is 12.1 Å². The second-order valence-electron chi connectivity index (χ2n) is 2.19. The molecule has 72 valence electrons. The zero-order chi connectivity index (χ0) is 10.3. The van der Waals surface area contributed by atoms with Crippen LogP contribution in [0, 0.1) is 0 Å². The molecule has 2 N–H and O–H groups in total. The van der Waals surface area contributed by atoms with Crippen LogP contribution in [0.2, 0.25) is 0 Å². The molecule has 0 aromatic heterocycles. The van der Waals surface area contributed by atoms with Crippen molar-refractivity contribution in [2.45, 2.75) is 6.92 Å². The second-order valence-corrected chi connectivity index (χ2v) is 2.19. The molecule has 0 aliphatic carbocycles. The Bertz CT molecular complexity index is 285. The van der Waals surface area contributed by atoms with Gasteiger partial charge in [-0.15, -0.1) is 0 Å². The molecule has 5 heteroatoms. The molecule has 0 saturated carbocycles. The van der Waals surface area contributed by atoms with Crippen LogP contribution in [-0.4, -0.2) is 22.2 Å². The molecule has 14 heavy (non-hydrogen) atoms. The maximum absolute atomic E-state index is 10.2. The monoisotopic (exact) mass is 206 g/mol. The first kappa shape index (κ1) is 15.6. The summed E-state index contributed by atoms with van der Waals surface area (Å²) in [6, 6.07) is 8.30. The molecule has 1 rings (SSSR count). The number of rotatable bonds is 1. The van der Waals surface area contributed by atoms with Gasteiger partial charge in [0.1, 0.15) is 0 Å². The SMILES string of the molecule is CC(=O)O.O=C(O)c1ccccc1.[H-].[Na+]. The average Bonchev–Trinajstić information content (AvgIpc) is 2.05. The Morgan fingerprint density at radius 2 is 1.50 bits per heavy atom. The zero-order valence-corrected chi connectivity index (χ0v) is 10.1. The van der Waals surface area contributed by atoms with Crippen molar-refractivity contribution in [2.75, 3.05) is 0 Å². The largest absolute Gasteiger partial charge is 1.00 e. The van der Waals surface area contributed by atoms with Gasteiger partial charge >= 0.3 is 35.5 Å². The summed E-state index contributed by atoms with van der Waals surface area (Å²) in [5, 5.41) is 15.8. The van der Waals surface area contributed by atoms with Gasteiger partial charge in [-0.1, -0.05) is 18.2 Å². The van der Waals surface area contributed by atoms with Crippen molar-refractivity contribution in [1.82, 2.24) is 0 Å². The Morgan fingerprint density at radius 3 is 1.71 bits per heavy atom. The normalized spacial score (nSPS) is 7.50. The molecule has 1 aromatic rings. The van der Waals surface area contributed by atoms with Crippen LogP contribution in [-0.2, 0) is 4.79 Å². The third-order valence-electron chi connectivity index (χ3n) is 1.02. The van der Waals surface area contributed by atoms with Crippen LogP contribution in [0.4, 0.5) is 0 Å². The number of carbonyl (C=O) groups is 2. The Kier molecular flexibility index (Phi) is 9.76. The van der Waals surface area contributed by atoms with Crippen LogP contribution < -0.4 is 29.6 Å². The van der Waals surface area contributed by atoms with Gasteiger partial charge in [0.05, 0.1) is 5.56 Å². The third kappa shape index (κ3) is 9.25. The number of hydrogen-bond acceptors (Lipinski definition) is 2. The molecule has 0 saturated heterocycles. The first-order valence-corrected chi connectivity index (χ1v) is 3.52. The molecule has 0 atom stereocenters. The number of carboxylic acid groups (broad SMARTS) is 2. The van der Waals surface area contributed by atoms with Gasteiger partial charge in [-0.25, -0.2) is 4.79 Å². The van der Waals surface area contributed by atoms with Gasteiger partial charge in [-0.3, -0.25) is 4.79 Å². The summed E-state index contributed by atoms with van der Waals surface area (Å²) < 4.78 is 0. The van der Waals surface area contributed by atoms with Crippen molar-refractivity contribution < 1.29 is 50.8 Å². The Morgan fingerprint density at radius 1 is 1.14 bits per heavy atom. The van der Waals surface area contributed by atoms with Crippen molar-refractivity contribution >= 4 is 11.9 Å². The van der Waals surface area contributed by atoms with E-state index in [4.69, 9.17) is 15.0 Å². The van der Waals surface area contributed by atoms with E-state index in [9.17, 15) is 4.79 Å². The number of benzene rings is 1. The number of carboxylic acids is 2. The molecule has 0 bridgehead atoms. The first-order valence-electron chi connectivity index (χ1n) is 3.52. The molecule has 0 heterocycles. The van der Waals surface area contributed by atoms with Crippen LogP contribution in [0.1, 0.15) is 18.7 Å². The summed E-state index contributed by atoms with van der Waals surface area (Å²) in [6.07, 6.45) is 0. The van der Waals surface area contributed by atoms with Gasteiger partial charge in [0.25, 0.3) is 5.97 Å². The molecule has 0 radical (unpaired) electrons. The summed E-state index contributed by atoms with van der Waals surface area (Å²) in [6.45, 7) is 1.08. The molecular weight excluding hydrogens is 195 g/mol. The Balaban J connectivity index is -0.000000213. The molecule has 1 aromatic carbocycles. The molecular formula is C9H11NaO4. The summed E-state index contributed by atoms with van der Waals surface area (Å²) in [5.74, 6) is -1.71. The summed E-state index contributed by atoms with van der Waals surface area (Å²) in [7, 11) is 0. The van der Waals surface area contributed by atoms with E-state index in [-0.39, 0.29) is 31.0 Å². The van der Waals surface area contributed by atoms with Gasteiger partial charge in [0.2, 0.25) is 0 Å². The van der Waals surface area contributed by atoms with Crippen LogP contribution in [0.25, 0.3) is 0 Å². The van der Waals surface area contributed by atoms with E-state index in [1.807, 2.05) is 0 Å². The maximum Gasteiger partial charge on any atom is 1.00 e. The topological polar surface area (TPSA) is 74.6 Å². The smallest absolute Gasteiger partial charge is 1.00 e. The van der Waals surface area contributed by atoms with Gasteiger partial charge in [0, 0.05) is 6.92 Å². The van der Waals surface area contributed by atoms with Crippen molar-refractivity contribution in [1.29, 1.82) is 0 Å². The minimum Gasteiger partial charge on any atom is -1.00 e. The maximum atomic E-state index is 10.2. The molecule has 0 amide bonds. The number of aliphatic carboxylic acids is 1. The minimum absolute atomic E-state index is 0. The first-order chi connectivity index (χ1) is 6.04. The predicted molar refractivity (Wildman–Crippen MR) is 47.8 cm³/mol. The van der Waals surface area contributed by atoms with E-state index in [1.54, 1.807) is 30.3 Å². The van der Waals surface area contributed by atoms with Crippen molar-refractivity contribution in [3.63, 3.8) is 0 Å². The van der Waals surface area contributed by atoms with Crippen LogP contribution >= 0.6 is 0 Å². The summed E-state index contributed by atoms with van der Waals surface area (Å²) in [4.78, 5) is 19.2. The van der Waals surface area contributed by atoms with Crippen LogP contribution in [0.5, 0.6) is 0 Å². The predicted octanol–water partition coefficient (Wildman–Crippen LogP) is -1.41. The molecule has 0 spiro atoms. The van der Waals surface area contributed by atoms with Gasteiger partial charge in [-0.2, -0.15) is 0 Å². The van der Waals surface area contributed by atoms with E-state index in [2.05, 4.69) is 0 Å². The standard InChI is InChI=1S/C7H6O2.C2H4O2.Na.H/c8-7(9)6-4-2-1-3-5-6;1-2(3)4;;/h1-5H,(H,8,9);1H3,(H,3,4);;/q;;+1;-1. The molecule has 0 fully saturated rings. The van der Waals surface area contributed by atoms with Crippen molar-refractivity contribution in [3.05, 3.63) is 35.9 Å². The molecule has 0 aliphatic heterocycles. The zero-order valence-electron chi connectivity index (χ0n) is 9.10. The van der Waals surface area contributed by atoms with Crippen LogP contribution in [0.15, 0.2) is 30.3 Å². The number of hydrogen-bond donors (Lipinski definition) is 2. The van der Waals surface area contributed by atoms with E-state index in [0.717, 1.165) is 6.92 Å². The third-order valence-corrected chi connectivity index (χ3v) is 1.02. The fraction of sp³-hybridized carbons (Fsp3) is 0.111. The Labute approximate surface area is 105 Å². The van der Waals surface area contributed by atoms with Gasteiger partial charge < -0.3 is 11.6 Å². The molecule has 4 nitrogen and oxygen atoms in total. The van der Waals surface area contributed by atoms with Gasteiger partial charge in [0.15, 0.2) is 0 Å². The van der Waals surface area contributed by atoms with E-state index >= 15 is 0 Å². The molecule has 0 aliphatic rings. The fourth-order valence-corrected chi connectivity index (χ4v) is 0.581. The average molecular weight is 206 g/mol.